The fraction of sp³-hybridized carbons (Fsp3) is 0.333. The second kappa shape index (κ2) is 6.93. The summed E-state index contributed by atoms with van der Waals surface area (Å²) in [6, 6.07) is 3.50. The molecule has 1 amide bonds. The van der Waals surface area contributed by atoms with Crippen LogP contribution in [0.3, 0.4) is 0 Å². The maximum Gasteiger partial charge on any atom is 0.437 e. The lowest BCUT2D eigenvalue weighted by atomic mass is 10.2. The van der Waals surface area contributed by atoms with Gasteiger partial charge in [0.25, 0.3) is 5.91 Å². The number of carbonyl (C=O) groups excluding carboxylic acids is 2. The largest absolute Gasteiger partial charge is 0.463 e. The Morgan fingerprint density at radius 1 is 1.27 bits per heavy atom. The first-order valence-corrected chi connectivity index (χ1v) is 6.86. The number of rotatable bonds is 4. The van der Waals surface area contributed by atoms with Gasteiger partial charge in [-0.25, -0.2) is 4.79 Å². The van der Waals surface area contributed by atoms with Crippen LogP contribution in [0.4, 0.5) is 13.2 Å². The van der Waals surface area contributed by atoms with Crippen molar-refractivity contribution in [2.75, 3.05) is 6.61 Å². The number of carbonyl (C=O) groups is 2. The number of hydrogen-bond acceptors (Lipinski definition) is 3. The summed E-state index contributed by atoms with van der Waals surface area (Å²) >= 11 is 16.6. The summed E-state index contributed by atoms with van der Waals surface area (Å²) in [5.74, 6) is -3.15. The zero-order valence-electron chi connectivity index (χ0n) is 10.9. The molecule has 1 atom stereocenters. The molecule has 0 saturated heterocycles. The summed E-state index contributed by atoms with van der Waals surface area (Å²) in [6.45, 7) is 0.949. The van der Waals surface area contributed by atoms with Crippen LogP contribution in [0.15, 0.2) is 18.2 Å². The molecule has 10 heteroatoms. The zero-order valence-corrected chi connectivity index (χ0v) is 13.2. The lowest BCUT2D eigenvalue weighted by Crippen LogP contribution is -2.60. The Labute approximate surface area is 138 Å². The molecular formula is C12H9Cl3F3NO3. The number of amides is 1. The van der Waals surface area contributed by atoms with Gasteiger partial charge in [-0.15, -0.1) is 0 Å². The Morgan fingerprint density at radius 2 is 1.86 bits per heavy atom. The van der Waals surface area contributed by atoms with Gasteiger partial charge in [-0.1, -0.05) is 34.8 Å². The first kappa shape index (κ1) is 18.9. The van der Waals surface area contributed by atoms with E-state index in [0.717, 1.165) is 12.1 Å². The summed E-state index contributed by atoms with van der Waals surface area (Å²) in [5.41, 5.74) is -0.329. The van der Waals surface area contributed by atoms with Crippen LogP contribution in [0.5, 0.6) is 0 Å². The zero-order chi connectivity index (χ0) is 17.1. The van der Waals surface area contributed by atoms with Crippen molar-refractivity contribution in [1.29, 1.82) is 0 Å². The van der Waals surface area contributed by atoms with Crippen LogP contribution in [0.1, 0.15) is 17.3 Å². The van der Waals surface area contributed by atoms with E-state index in [0.29, 0.717) is 0 Å². The third kappa shape index (κ3) is 3.97. The van der Waals surface area contributed by atoms with E-state index in [1.165, 1.54) is 18.3 Å². The van der Waals surface area contributed by atoms with Crippen LogP contribution in [-0.4, -0.2) is 29.7 Å². The van der Waals surface area contributed by atoms with Crippen LogP contribution < -0.4 is 5.32 Å². The highest BCUT2D eigenvalue weighted by atomic mass is 35.5. The van der Waals surface area contributed by atoms with E-state index in [-0.39, 0.29) is 22.2 Å². The van der Waals surface area contributed by atoms with Crippen LogP contribution in [0, 0.1) is 0 Å². The summed E-state index contributed by atoms with van der Waals surface area (Å²) in [6.07, 6.45) is -5.28. The van der Waals surface area contributed by atoms with Crippen molar-refractivity contribution in [3.63, 3.8) is 0 Å². The highest BCUT2D eigenvalue weighted by Crippen LogP contribution is 2.36. The summed E-state index contributed by atoms with van der Waals surface area (Å²) in [4.78, 5) is 19.7. The van der Waals surface area contributed by atoms with Gasteiger partial charge in [-0.3, -0.25) is 4.79 Å². The topological polar surface area (TPSA) is 55.4 Å². The molecule has 0 aromatic heterocycles. The number of benzene rings is 1. The molecule has 0 heterocycles. The molecule has 22 heavy (non-hydrogen) atoms. The average Bonchev–Trinajstić information content (AvgIpc) is 2.37. The SMILES string of the molecule is CCOC(=O)C(Cl)(NC(=O)c1ccc(Cl)cc1Cl)C(F)(F)F. The van der Waals surface area contributed by atoms with E-state index >= 15 is 0 Å². The fourth-order valence-electron chi connectivity index (χ4n) is 1.37. The number of hydrogen-bond donors (Lipinski definition) is 1. The quantitative estimate of drug-likeness (QED) is 0.493. The van der Waals surface area contributed by atoms with Crippen molar-refractivity contribution in [3.8, 4) is 0 Å². The molecule has 4 nitrogen and oxygen atoms in total. The maximum absolute atomic E-state index is 13.0. The highest BCUT2D eigenvalue weighted by molar-refractivity contribution is 6.38. The molecule has 122 valence electrons. The van der Waals surface area contributed by atoms with E-state index in [1.54, 1.807) is 0 Å². The second-order valence-corrected chi connectivity index (χ2v) is 5.37. The monoisotopic (exact) mass is 377 g/mol. The predicted octanol–water partition coefficient (Wildman–Crippen LogP) is 3.78. The minimum absolute atomic E-state index is 0.180. The van der Waals surface area contributed by atoms with Gasteiger partial charge in [0.2, 0.25) is 0 Å². The van der Waals surface area contributed by atoms with Gasteiger partial charge in [0.1, 0.15) is 0 Å². The Hall–Kier alpha value is -1.18. The smallest absolute Gasteiger partial charge is 0.437 e. The molecule has 0 radical (unpaired) electrons. The molecule has 0 spiro atoms. The molecule has 1 aromatic carbocycles. The van der Waals surface area contributed by atoms with Gasteiger partial charge in [-0.05, 0) is 25.1 Å². The molecular weight excluding hydrogens is 369 g/mol. The Bertz CT molecular complexity index is 595. The van der Waals surface area contributed by atoms with Gasteiger partial charge >= 0.3 is 17.1 Å². The fourth-order valence-corrected chi connectivity index (χ4v) is 2.00. The summed E-state index contributed by atoms with van der Waals surface area (Å²) < 4.78 is 43.3. The van der Waals surface area contributed by atoms with Crippen molar-refractivity contribution in [3.05, 3.63) is 33.8 Å². The minimum atomic E-state index is -5.28. The first-order chi connectivity index (χ1) is 10.0. The lowest BCUT2D eigenvalue weighted by Gasteiger charge is -2.28. The van der Waals surface area contributed by atoms with E-state index < -0.39 is 23.1 Å². The van der Waals surface area contributed by atoms with E-state index in [1.807, 2.05) is 0 Å². The third-order valence-corrected chi connectivity index (χ3v) is 3.42. The number of nitrogens with one attached hydrogen (secondary N) is 1. The van der Waals surface area contributed by atoms with Crippen LogP contribution >= 0.6 is 34.8 Å². The normalized spacial score (nSPS) is 14.1. The molecule has 0 fully saturated rings. The highest BCUT2D eigenvalue weighted by Gasteiger charge is 2.62. The third-order valence-electron chi connectivity index (χ3n) is 2.41. The van der Waals surface area contributed by atoms with Gasteiger partial charge in [0.15, 0.2) is 0 Å². The van der Waals surface area contributed by atoms with Crippen molar-refractivity contribution in [2.24, 2.45) is 0 Å². The lowest BCUT2D eigenvalue weighted by molar-refractivity contribution is -0.192. The number of halogens is 6. The van der Waals surface area contributed by atoms with Crippen molar-refractivity contribution >= 4 is 46.7 Å². The average molecular weight is 379 g/mol. The molecule has 0 aliphatic heterocycles. The molecule has 1 N–H and O–H groups in total. The summed E-state index contributed by atoms with van der Waals surface area (Å²) in [7, 11) is 0. The van der Waals surface area contributed by atoms with Gasteiger partial charge in [0, 0.05) is 5.02 Å². The van der Waals surface area contributed by atoms with Gasteiger partial charge < -0.3 is 10.1 Å². The van der Waals surface area contributed by atoms with Crippen LogP contribution in [-0.2, 0) is 9.53 Å². The summed E-state index contributed by atoms with van der Waals surface area (Å²) in [5, 5.41) is 1.38. The molecule has 0 aliphatic rings. The molecule has 0 saturated carbocycles. The maximum atomic E-state index is 13.0. The second-order valence-electron chi connectivity index (χ2n) is 3.95. The van der Waals surface area contributed by atoms with Gasteiger partial charge in [0.05, 0.1) is 17.2 Å². The minimum Gasteiger partial charge on any atom is -0.463 e. The van der Waals surface area contributed by atoms with Crippen molar-refractivity contribution in [2.45, 2.75) is 18.1 Å². The van der Waals surface area contributed by atoms with E-state index in [2.05, 4.69) is 4.74 Å². The molecule has 1 rings (SSSR count). The number of ether oxygens (including phenoxy) is 1. The van der Waals surface area contributed by atoms with Crippen molar-refractivity contribution in [1.82, 2.24) is 5.32 Å². The molecule has 0 aliphatic carbocycles. The van der Waals surface area contributed by atoms with E-state index in [9.17, 15) is 22.8 Å². The standard InChI is InChI=1S/C12H9Cl3F3NO3/c1-2-22-10(21)11(15,12(16,17)18)19-9(20)7-4-3-6(13)5-8(7)14/h3-5H,2H2,1H3,(H,19,20). The number of alkyl halides is 4. The van der Waals surface area contributed by atoms with Crippen molar-refractivity contribution < 1.29 is 27.5 Å². The first-order valence-electron chi connectivity index (χ1n) is 5.73. The van der Waals surface area contributed by atoms with Gasteiger partial charge in [-0.2, -0.15) is 13.2 Å². The Balaban J connectivity index is 3.14. The number of esters is 1. The Morgan fingerprint density at radius 3 is 2.32 bits per heavy atom. The van der Waals surface area contributed by atoms with Crippen LogP contribution in [0.2, 0.25) is 10.0 Å². The molecule has 1 aromatic rings. The molecule has 1 unspecified atom stereocenters. The van der Waals surface area contributed by atoms with E-state index in [4.69, 9.17) is 34.8 Å². The molecule has 0 bridgehead atoms. The predicted molar refractivity (Wildman–Crippen MR) is 75.2 cm³/mol. The van der Waals surface area contributed by atoms with Crippen LogP contribution in [0.25, 0.3) is 0 Å². The Kier molecular flexibility index (Phi) is 5.95.